The number of H-pyrrole nitrogens is 1. The van der Waals surface area contributed by atoms with Gasteiger partial charge in [-0.3, -0.25) is 9.78 Å². The number of thioether (sulfide) groups is 1. The summed E-state index contributed by atoms with van der Waals surface area (Å²) in [6.07, 6.45) is 3.86. The molecule has 2 aromatic heterocycles. The summed E-state index contributed by atoms with van der Waals surface area (Å²) in [7, 11) is 1.62. The number of ether oxygens (including phenoxy) is 1. The number of nitrogens with one attached hydrogen (secondary N) is 1. The number of benzene rings is 1. The fourth-order valence-corrected chi connectivity index (χ4v) is 3.02. The third kappa shape index (κ3) is 3.86. The first-order valence-corrected chi connectivity index (χ1v) is 8.40. The van der Waals surface area contributed by atoms with Crippen molar-refractivity contribution in [1.29, 1.82) is 0 Å². The number of nitrogens with zero attached hydrogens (tertiary/aromatic N) is 4. The standard InChI is InChI=1S/C15H16ClN5OS/c1-10-8-17-21(9-10)5-6-23-15-18-14(19-20-15)12-7-11(16)3-4-13(12)22-2/h3-4,7-9H,5-6H2,1-2H3,(H,18,19,20). The first-order valence-electron chi connectivity index (χ1n) is 7.04. The van der Waals surface area contributed by atoms with Gasteiger partial charge in [-0.1, -0.05) is 23.4 Å². The minimum Gasteiger partial charge on any atom is -0.496 e. The van der Waals surface area contributed by atoms with E-state index in [-0.39, 0.29) is 0 Å². The Balaban J connectivity index is 1.67. The molecule has 0 radical (unpaired) electrons. The van der Waals surface area contributed by atoms with Crippen molar-refractivity contribution >= 4 is 23.4 Å². The summed E-state index contributed by atoms with van der Waals surface area (Å²) in [5.41, 5.74) is 1.95. The minimum absolute atomic E-state index is 0.625. The molecule has 3 rings (SSSR count). The summed E-state index contributed by atoms with van der Waals surface area (Å²) in [5.74, 6) is 2.18. The maximum absolute atomic E-state index is 6.05. The molecule has 120 valence electrons. The van der Waals surface area contributed by atoms with Crippen molar-refractivity contribution < 1.29 is 4.74 Å². The van der Waals surface area contributed by atoms with Crippen molar-refractivity contribution in [3.8, 4) is 17.1 Å². The van der Waals surface area contributed by atoms with Crippen LogP contribution in [0.25, 0.3) is 11.4 Å². The number of hydrogen-bond acceptors (Lipinski definition) is 5. The van der Waals surface area contributed by atoms with E-state index in [0.717, 1.165) is 23.4 Å². The van der Waals surface area contributed by atoms with Crippen molar-refractivity contribution in [2.45, 2.75) is 18.6 Å². The van der Waals surface area contributed by atoms with E-state index in [9.17, 15) is 0 Å². The zero-order chi connectivity index (χ0) is 16.2. The molecule has 0 saturated carbocycles. The lowest BCUT2D eigenvalue weighted by Gasteiger charge is -2.05. The smallest absolute Gasteiger partial charge is 0.208 e. The average molecular weight is 350 g/mol. The van der Waals surface area contributed by atoms with Gasteiger partial charge in [0.05, 0.1) is 25.4 Å². The molecule has 0 atom stereocenters. The fourth-order valence-electron chi connectivity index (χ4n) is 2.12. The van der Waals surface area contributed by atoms with Crippen LogP contribution in [-0.2, 0) is 6.54 Å². The Hall–Kier alpha value is -1.99. The lowest BCUT2D eigenvalue weighted by atomic mass is 10.2. The van der Waals surface area contributed by atoms with Gasteiger partial charge in [0.1, 0.15) is 5.75 Å². The van der Waals surface area contributed by atoms with Gasteiger partial charge in [0.25, 0.3) is 0 Å². The molecule has 0 fully saturated rings. The van der Waals surface area contributed by atoms with E-state index in [1.807, 2.05) is 36.1 Å². The zero-order valence-corrected chi connectivity index (χ0v) is 14.4. The number of rotatable bonds is 6. The minimum atomic E-state index is 0.625. The van der Waals surface area contributed by atoms with Gasteiger partial charge >= 0.3 is 0 Å². The highest BCUT2D eigenvalue weighted by atomic mass is 35.5. The number of hydrogen-bond donors (Lipinski definition) is 1. The highest BCUT2D eigenvalue weighted by molar-refractivity contribution is 7.99. The van der Waals surface area contributed by atoms with E-state index < -0.39 is 0 Å². The average Bonchev–Trinajstić information content (AvgIpc) is 3.17. The van der Waals surface area contributed by atoms with E-state index in [0.29, 0.717) is 21.8 Å². The number of aryl methyl sites for hydroxylation is 2. The van der Waals surface area contributed by atoms with Gasteiger partial charge in [-0.15, -0.1) is 5.10 Å². The molecule has 0 aliphatic heterocycles. The maximum atomic E-state index is 6.05. The highest BCUT2D eigenvalue weighted by Crippen LogP contribution is 2.31. The van der Waals surface area contributed by atoms with Crippen molar-refractivity contribution in [1.82, 2.24) is 25.0 Å². The van der Waals surface area contributed by atoms with Crippen LogP contribution in [0, 0.1) is 6.92 Å². The molecule has 6 nitrogen and oxygen atoms in total. The SMILES string of the molecule is COc1ccc(Cl)cc1-c1nc(SCCn2cc(C)cn2)n[nH]1. The fraction of sp³-hybridized carbons (Fsp3) is 0.267. The van der Waals surface area contributed by atoms with E-state index in [1.54, 1.807) is 24.9 Å². The van der Waals surface area contributed by atoms with E-state index in [2.05, 4.69) is 20.3 Å². The van der Waals surface area contributed by atoms with Crippen LogP contribution in [-0.4, -0.2) is 37.8 Å². The molecule has 0 amide bonds. The predicted molar refractivity (Wildman–Crippen MR) is 91.1 cm³/mol. The molecule has 0 unspecified atom stereocenters. The van der Waals surface area contributed by atoms with Crippen molar-refractivity contribution in [2.75, 3.05) is 12.9 Å². The quantitative estimate of drug-likeness (QED) is 0.690. The Morgan fingerprint density at radius 2 is 2.26 bits per heavy atom. The molecule has 0 aliphatic rings. The number of halogens is 1. The van der Waals surface area contributed by atoms with Gasteiger partial charge in [0.15, 0.2) is 5.82 Å². The first kappa shape index (κ1) is 15.9. The van der Waals surface area contributed by atoms with Crippen LogP contribution in [0.4, 0.5) is 0 Å². The van der Waals surface area contributed by atoms with Gasteiger partial charge in [-0.2, -0.15) is 5.10 Å². The second-order valence-electron chi connectivity index (χ2n) is 4.94. The molecule has 3 aromatic rings. The van der Waals surface area contributed by atoms with Crippen molar-refractivity contribution in [3.05, 3.63) is 41.2 Å². The van der Waals surface area contributed by atoms with Crippen LogP contribution in [0.1, 0.15) is 5.56 Å². The lowest BCUT2D eigenvalue weighted by Crippen LogP contribution is -2.00. The van der Waals surface area contributed by atoms with Crippen LogP contribution >= 0.6 is 23.4 Å². The van der Waals surface area contributed by atoms with E-state index in [1.165, 1.54) is 0 Å². The zero-order valence-electron chi connectivity index (χ0n) is 12.8. The summed E-state index contributed by atoms with van der Waals surface area (Å²) < 4.78 is 7.25. The molecule has 1 N–H and O–H groups in total. The monoisotopic (exact) mass is 349 g/mol. The Labute approximate surface area is 143 Å². The van der Waals surface area contributed by atoms with Gasteiger partial charge in [0, 0.05) is 17.0 Å². The largest absolute Gasteiger partial charge is 0.496 e. The second kappa shape index (κ2) is 7.06. The highest BCUT2D eigenvalue weighted by Gasteiger charge is 2.12. The van der Waals surface area contributed by atoms with Gasteiger partial charge in [-0.05, 0) is 30.7 Å². The van der Waals surface area contributed by atoms with Crippen molar-refractivity contribution in [3.63, 3.8) is 0 Å². The molecule has 0 saturated heterocycles. The maximum Gasteiger partial charge on any atom is 0.208 e. The summed E-state index contributed by atoms with van der Waals surface area (Å²) >= 11 is 7.62. The molecule has 1 aromatic carbocycles. The molecule has 0 spiro atoms. The topological polar surface area (TPSA) is 68.6 Å². The Bertz CT molecular complexity index is 801. The van der Waals surface area contributed by atoms with E-state index in [4.69, 9.17) is 16.3 Å². The van der Waals surface area contributed by atoms with Gasteiger partial charge in [0.2, 0.25) is 5.16 Å². The third-order valence-electron chi connectivity index (χ3n) is 3.20. The summed E-state index contributed by atoms with van der Waals surface area (Å²) in [5, 5.41) is 12.7. The molecule has 23 heavy (non-hydrogen) atoms. The number of methoxy groups -OCH3 is 1. The molecule has 2 heterocycles. The molecular formula is C15H16ClN5OS. The normalized spacial score (nSPS) is 10.9. The van der Waals surface area contributed by atoms with E-state index >= 15 is 0 Å². The first-order chi connectivity index (χ1) is 11.2. The predicted octanol–water partition coefficient (Wildman–Crippen LogP) is 3.43. The lowest BCUT2D eigenvalue weighted by molar-refractivity contribution is 0.416. The van der Waals surface area contributed by atoms with Crippen LogP contribution in [0.5, 0.6) is 5.75 Å². The molecular weight excluding hydrogens is 334 g/mol. The van der Waals surface area contributed by atoms with Crippen LogP contribution in [0.3, 0.4) is 0 Å². The van der Waals surface area contributed by atoms with Gasteiger partial charge in [-0.25, -0.2) is 4.98 Å². The number of aromatic nitrogens is 5. The van der Waals surface area contributed by atoms with Crippen molar-refractivity contribution in [2.24, 2.45) is 0 Å². The molecule has 8 heteroatoms. The second-order valence-corrected chi connectivity index (χ2v) is 6.44. The summed E-state index contributed by atoms with van der Waals surface area (Å²) in [6, 6.07) is 5.40. The molecule has 0 aliphatic carbocycles. The Kier molecular flexibility index (Phi) is 4.88. The Morgan fingerprint density at radius 1 is 1.39 bits per heavy atom. The molecule has 0 bridgehead atoms. The van der Waals surface area contributed by atoms with Crippen LogP contribution < -0.4 is 4.74 Å². The van der Waals surface area contributed by atoms with Gasteiger partial charge < -0.3 is 4.74 Å². The Morgan fingerprint density at radius 3 is 3.00 bits per heavy atom. The number of aromatic amines is 1. The summed E-state index contributed by atoms with van der Waals surface area (Å²) in [4.78, 5) is 4.49. The van der Waals surface area contributed by atoms with Crippen LogP contribution in [0.15, 0.2) is 35.7 Å². The van der Waals surface area contributed by atoms with Crippen LogP contribution in [0.2, 0.25) is 5.02 Å². The third-order valence-corrected chi connectivity index (χ3v) is 4.26. The summed E-state index contributed by atoms with van der Waals surface area (Å²) in [6.45, 7) is 2.83.